The van der Waals surface area contributed by atoms with Crippen molar-refractivity contribution in [3.63, 3.8) is 0 Å². The molecule has 12 heteroatoms. The normalized spacial score (nSPS) is 12.4. The molecule has 0 fully saturated rings. The lowest BCUT2D eigenvalue weighted by molar-refractivity contribution is -0.140. The summed E-state index contributed by atoms with van der Waals surface area (Å²) >= 11 is 24.6. The molecule has 0 radical (unpaired) electrons. The predicted molar refractivity (Wildman–Crippen MR) is 143 cm³/mol. The molecule has 0 bridgehead atoms. The molecule has 0 saturated carbocycles. The summed E-state index contributed by atoms with van der Waals surface area (Å²) in [5.41, 5.74) is 0.603. The molecule has 1 unspecified atom stereocenters. The number of anilines is 1. The number of amides is 2. The highest BCUT2D eigenvalue weighted by Gasteiger charge is 2.33. The van der Waals surface area contributed by atoms with Gasteiger partial charge in [0.1, 0.15) is 12.6 Å². The van der Waals surface area contributed by atoms with Gasteiger partial charge in [0.2, 0.25) is 21.8 Å². The van der Waals surface area contributed by atoms with E-state index in [0.717, 1.165) is 10.6 Å². The molecule has 1 atom stereocenters. The van der Waals surface area contributed by atoms with Crippen molar-refractivity contribution in [2.75, 3.05) is 17.1 Å². The maximum absolute atomic E-state index is 13.6. The molecule has 35 heavy (non-hydrogen) atoms. The van der Waals surface area contributed by atoms with E-state index >= 15 is 0 Å². The number of hydrogen-bond acceptors (Lipinski definition) is 4. The molecule has 1 N–H and O–H groups in total. The van der Waals surface area contributed by atoms with Crippen molar-refractivity contribution in [2.45, 2.75) is 45.8 Å². The third-order valence-corrected chi connectivity index (χ3v) is 7.30. The zero-order chi connectivity index (χ0) is 26.5. The van der Waals surface area contributed by atoms with Gasteiger partial charge in [-0.1, -0.05) is 59.4 Å². The standard InChI is InChI=1S/C23H27Cl4N3O4S/c1-5-20(23(32)28-14(2)3)29(12-15-6-7-16(24)10-19(15)27)22(31)13-30(35(4,33)34)21-11-17(25)8-9-18(21)26/h6-11,14,20H,5,12-13H2,1-4H3,(H,28,32). The smallest absolute Gasteiger partial charge is 0.244 e. The Morgan fingerprint density at radius 2 is 1.57 bits per heavy atom. The van der Waals surface area contributed by atoms with Gasteiger partial charge in [0.25, 0.3) is 0 Å². The molecule has 2 rings (SSSR count). The van der Waals surface area contributed by atoms with Crippen LogP contribution < -0.4 is 9.62 Å². The third-order valence-electron chi connectivity index (χ3n) is 5.03. The number of nitrogens with one attached hydrogen (secondary N) is 1. The van der Waals surface area contributed by atoms with Crippen LogP contribution in [0.15, 0.2) is 36.4 Å². The SMILES string of the molecule is CCC(C(=O)NC(C)C)N(Cc1ccc(Cl)cc1Cl)C(=O)CN(c1cc(Cl)ccc1Cl)S(C)(=O)=O. The average molecular weight is 583 g/mol. The molecule has 2 aromatic carbocycles. The van der Waals surface area contributed by atoms with Crippen molar-refractivity contribution in [1.29, 1.82) is 0 Å². The molecule has 0 heterocycles. The van der Waals surface area contributed by atoms with Crippen molar-refractivity contribution in [3.8, 4) is 0 Å². The van der Waals surface area contributed by atoms with Crippen LogP contribution in [0.2, 0.25) is 20.1 Å². The topological polar surface area (TPSA) is 86.8 Å². The maximum atomic E-state index is 13.6. The number of hydrogen-bond donors (Lipinski definition) is 1. The van der Waals surface area contributed by atoms with Gasteiger partial charge in [-0.15, -0.1) is 0 Å². The molecule has 2 aromatic rings. The van der Waals surface area contributed by atoms with E-state index in [2.05, 4.69) is 5.32 Å². The molecule has 0 aliphatic rings. The fourth-order valence-electron chi connectivity index (χ4n) is 3.41. The number of carbonyl (C=O) groups excluding carboxylic acids is 2. The third kappa shape index (κ3) is 8.15. The number of sulfonamides is 1. The summed E-state index contributed by atoms with van der Waals surface area (Å²) in [5.74, 6) is -0.990. The second-order valence-electron chi connectivity index (χ2n) is 8.21. The van der Waals surface area contributed by atoms with E-state index in [-0.39, 0.29) is 40.6 Å². The fourth-order valence-corrected chi connectivity index (χ4v) is 5.16. The second-order valence-corrected chi connectivity index (χ2v) is 11.8. The molecule has 2 amide bonds. The van der Waals surface area contributed by atoms with Crippen LogP contribution in [0, 0.1) is 0 Å². The van der Waals surface area contributed by atoms with Gasteiger partial charge >= 0.3 is 0 Å². The van der Waals surface area contributed by atoms with Gasteiger partial charge in [0, 0.05) is 27.7 Å². The van der Waals surface area contributed by atoms with E-state index in [1.54, 1.807) is 32.9 Å². The highest BCUT2D eigenvalue weighted by atomic mass is 35.5. The molecular formula is C23H27Cl4N3O4S. The zero-order valence-corrected chi connectivity index (χ0v) is 23.5. The monoisotopic (exact) mass is 581 g/mol. The summed E-state index contributed by atoms with van der Waals surface area (Å²) in [6, 6.07) is 8.08. The Kier molecular flexibility index (Phi) is 10.5. The van der Waals surface area contributed by atoms with E-state index < -0.39 is 28.5 Å². The number of carbonyl (C=O) groups is 2. The Labute approximate surface area is 226 Å². The van der Waals surface area contributed by atoms with Crippen LogP contribution in [0.25, 0.3) is 0 Å². The summed E-state index contributed by atoms with van der Waals surface area (Å²) in [5, 5.41) is 3.89. The van der Waals surface area contributed by atoms with E-state index in [1.165, 1.54) is 29.2 Å². The molecule has 0 aromatic heterocycles. The Hall–Kier alpha value is -1.71. The first-order valence-corrected chi connectivity index (χ1v) is 14.1. The first-order valence-electron chi connectivity index (χ1n) is 10.7. The number of rotatable bonds is 10. The van der Waals surface area contributed by atoms with Crippen LogP contribution in [-0.2, 0) is 26.2 Å². The number of benzene rings is 2. The van der Waals surface area contributed by atoms with Crippen molar-refractivity contribution in [3.05, 3.63) is 62.1 Å². The van der Waals surface area contributed by atoms with Gasteiger partial charge in [-0.25, -0.2) is 8.42 Å². The second kappa shape index (κ2) is 12.5. The first-order chi connectivity index (χ1) is 16.2. The van der Waals surface area contributed by atoms with Crippen molar-refractivity contribution < 1.29 is 18.0 Å². The summed E-state index contributed by atoms with van der Waals surface area (Å²) in [6.07, 6.45) is 1.24. The zero-order valence-electron chi connectivity index (χ0n) is 19.7. The summed E-state index contributed by atoms with van der Waals surface area (Å²) in [7, 11) is -3.95. The van der Waals surface area contributed by atoms with E-state index in [9.17, 15) is 18.0 Å². The molecule has 0 spiro atoms. The minimum atomic E-state index is -3.95. The Bertz CT molecular complexity index is 1190. The van der Waals surface area contributed by atoms with Crippen LogP contribution in [0.3, 0.4) is 0 Å². The highest BCUT2D eigenvalue weighted by Crippen LogP contribution is 2.31. The van der Waals surface area contributed by atoms with Gasteiger partial charge < -0.3 is 10.2 Å². The number of nitrogens with zero attached hydrogens (tertiary/aromatic N) is 2. The lowest BCUT2D eigenvalue weighted by Crippen LogP contribution is -2.53. The van der Waals surface area contributed by atoms with Crippen LogP contribution >= 0.6 is 46.4 Å². The largest absolute Gasteiger partial charge is 0.352 e. The van der Waals surface area contributed by atoms with Crippen LogP contribution in [0.5, 0.6) is 0 Å². The quantitative estimate of drug-likeness (QED) is 0.406. The van der Waals surface area contributed by atoms with Crippen LogP contribution in [-0.4, -0.2) is 50.0 Å². The van der Waals surface area contributed by atoms with Gasteiger partial charge in [-0.2, -0.15) is 0 Å². The van der Waals surface area contributed by atoms with E-state index in [4.69, 9.17) is 46.4 Å². The molecule has 192 valence electrons. The van der Waals surface area contributed by atoms with E-state index in [1.807, 2.05) is 0 Å². The van der Waals surface area contributed by atoms with Gasteiger partial charge in [-0.05, 0) is 56.2 Å². The Morgan fingerprint density at radius 3 is 2.11 bits per heavy atom. The predicted octanol–water partition coefficient (Wildman–Crippen LogP) is 5.40. The maximum Gasteiger partial charge on any atom is 0.244 e. The fraction of sp³-hybridized carbons (Fsp3) is 0.391. The minimum Gasteiger partial charge on any atom is -0.352 e. The number of halogens is 4. The van der Waals surface area contributed by atoms with Crippen LogP contribution in [0.4, 0.5) is 5.69 Å². The molecular weight excluding hydrogens is 556 g/mol. The van der Waals surface area contributed by atoms with Gasteiger partial charge in [0.05, 0.1) is 17.0 Å². The van der Waals surface area contributed by atoms with E-state index in [0.29, 0.717) is 15.6 Å². The van der Waals surface area contributed by atoms with Gasteiger partial charge in [0.15, 0.2) is 0 Å². The van der Waals surface area contributed by atoms with Crippen LogP contribution in [0.1, 0.15) is 32.8 Å². The van der Waals surface area contributed by atoms with Crippen molar-refractivity contribution in [2.24, 2.45) is 0 Å². The molecule has 0 aliphatic heterocycles. The summed E-state index contributed by atoms with van der Waals surface area (Å²) < 4.78 is 26.2. The molecule has 0 aliphatic carbocycles. The summed E-state index contributed by atoms with van der Waals surface area (Å²) in [6.45, 7) is 4.73. The Morgan fingerprint density at radius 1 is 0.971 bits per heavy atom. The van der Waals surface area contributed by atoms with Crippen molar-refractivity contribution >= 4 is 73.9 Å². The average Bonchev–Trinajstić information content (AvgIpc) is 2.73. The molecule has 0 saturated heterocycles. The van der Waals surface area contributed by atoms with Crippen molar-refractivity contribution in [1.82, 2.24) is 10.2 Å². The minimum absolute atomic E-state index is 0.0419. The van der Waals surface area contributed by atoms with Gasteiger partial charge in [-0.3, -0.25) is 13.9 Å². The summed E-state index contributed by atoms with van der Waals surface area (Å²) in [4.78, 5) is 27.9. The molecule has 7 nitrogen and oxygen atoms in total. The Balaban J connectivity index is 2.52. The lowest BCUT2D eigenvalue weighted by Gasteiger charge is -2.33. The first kappa shape index (κ1) is 29.5. The lowest BCUT2D eigenvalue weighted by atomic mass is 10.1. The highest BCUT2D eigenvalue weighted by molar-refractivity contribution is 7.92.